The second kappa shape index (κ2) is 6.41. The first-order chi connectivity index (χ1) is 10.9. The summed E-state index contributed by atoms with van der Waals surface area (Å²) < 4.78 is 38.5. The molecule has 1 N–H and O–H groups in total. The van der Waals surface area contributed by atoms with E-state index in [4.69, 9.17) is 0 Å². The molecule has 2 amide bonds. The highest BCUT2D eigenvalue weighted by molar-refractivity contribution is 5.74. The third-order valence-corrected chi connectivity index (χ3v) is 4.80. The van der Waals surface area contributed by atoms with Crippen LogP contribution in [0.15, 0.2) is 12.4 Å². The van der Waals surface area contributed by atoms with Gasteiger partial charge in [0.25, 0.3) is 0 Å². The van der Waals surface area contributed by atoms with Crippen LogP contribution in [0, 0.1) is 5.92 Å². The van der Waals surface area contributed by atoms with Crippen molar-refractivity contribution in [2.45, 2.75) is 57.4 Å². The SMILES string of the molecule is O=C(NCc1nccn1CC(F)(F)F)N1CCC[C@H]1C1CCC1. The maximum absolute atomic E-state index is 12.5. The fourth-order valence-corrected chi connectivity index (χ4v) is 3.46. The minimum absolute atomic E-state index is 0.00972. The number of nitrogens with one attached hydrogen (secondary N) is 1. The van der Waals surface area contributed by atoms with E-state index >= 15 is 0 Å². The summed E-state index contributed by atoms with van der Waals surface area (Å²) in [7, 11) is 0. The third-order valence-electron chi connectivity index (χ3n) is 4.80. The van der Waals surface area contributed by atoms with Gasteiger partial charge >= 0.3 is 12.2 Å². The highest BCUT2D eigenvalue weighted by Gasteiger charge is 2.37. The molecule has 2 heterocycles. The first kappa shape index (κ1) is 16.1. The molecule has 0 bridgehead atoms. The summed E-state index contributed by atoms with van der Waals surface area (Å²) in [5, 5.41) is 2.72. The molecule has 0 spiro atoms. The Morgan fingerprint density at radius 2 is 2.09 bits per heavy atom. The van der Waals surface area contributed by atoms with Gasteiger partial charge in [0.15, 0.2) is 0 Å². The van der Waals surface area contributed by atoms with Gasteiger partial charge in [-0.25, -0.2) is 9.78 Å². The molecule has 5 nitrogen and oxygen atoms in total. The number of halogens is 3. The van der Waals surface area contributed by atoms with Crippen LogP contribution in [0.5, 0.6) is 0 Å². The van der Waals surface area contributed by atoms with Crippen molar-refractivity contribution in [3.63, 3.8) is 0 Å². The lowest BCUT2D eigenvalue weighted by molar-refractivity contribution is -0.141. The number of likely N-dealkylation sites (tertiary alicyclic amines) is 1. The molecule has 0 aromatic carbocycles. The molecule has 0 unspecified atom stereocenters. The molecule has 3 rings (SSSR count). The number of amides is 2. The minimum Gasteiger partial charge on any atom is -0.331 e. The van der Waals surface area contributed by atoms with Crippen molar-refractivity contribution < 1.29 is 18.0 Å². The summed E-state index contributed by atoms with van der Waals surface area (Å²) in [5.74, 6) is 0.811. The molecular weight excluding hydrogens is 309 g/mol. The van der Waals surface area contributed by atoms with E-state index in [1.54, 1.807) is 0 Å². The molecular formula is C15H21F3N4O. The average molecular weight is 330 g/mol. The lowest BCUT2D eigenvalue weighted by Gasteiger charge is -2.36. The van der Waals surface area contributed by atoms with Gasteiger partial charge in [-0.2, -0.15) is 13.2 Å². The molecule has 1 aromatic heterocycles. The number of hydrogen-bond acceptors (Lipinski definition) is 2. The zero-order chi connectivity index (χ0) is 16.4. The number of carbonyl (C=O) groups excluding carboxylic acids is 1. The summed E-state index contributed by atoms with van der Waals surface area (Å²) in [6, 6.07) is 0.0969. The van der Waals surface area contributed by atoms with Gasteiger partial charge in [0.05, 0.1) is 6.54 Å². The zero-order valence-corrected chi connectivity index (χ0v) is 12.9. The van der Waals surface area contributed by atoms with Crippen LogP contribution in [-0.2, 0) is 13.1 Å². The van der Waals surface area contributed by atoms with Gasteiger partial charge in [0.2, 0.25) is 0 Å². The first-order valence-electron chi connectivity index (χ1n) is 8.05. The highest BCUT2D eigenvalue weighted by Crippen LogP contribution is 2.37. The summed E-state index contributed by atoms with van der Waals surface area (Å²) in [5.41, 5.74) is 0. The Labute approximate surface area is 132 Å². The van der Waals surface area contributed by atoms with Gasteiger partial charge in [-0.3, -0.25) is 0 Å². The van der Waals surface area contributed by atoms with Crippen molar-refractivity contribution >= 4 is 6.03 Å². The molecule has 2 aliphatic rings. The molecule has 128 valence electrons. The smallest absolute Gasteiger partial charge is 0.331 e. The Morgan fingerprint density at radius 3 is 2.74 bits per heavy atom. The van der Waals surface area contributed by atoms with Gasteiger partial charge in [-0.05, 0) is 31.6 Å². The van der Waals surface area contributed by atoms with Gasteiger partial charge < -0.3 is 14.8 Å². The van der Waals surface area contributed by atoms with E-state index in [-0.39, 0.29) is 18.4 Å². The third kappa shape index (κ3) is 3.79. The normalized spacial score (nSPS) is 22.2. The van der Waals surface area contributed by atoms with Crippen LogP contribution in [0.25, 0.3) is 0 Å². The maximum atomic E-state index is 12.5. The van der Waals surface area contributed by atoms with Crippen LogP contribution in [-0.4, -0.2) is 39.2 Å². The Hall–Kier alpha value is -1.73. The van der Waals surface area contributed by atoms with Crippen LogP contribution in [0.4, 0.5) is 18.0 Å². The van der Waals surface area contributed by atoms with Crippen LogP contribution in [0.1, 0.15) is 37.9 Å². The number of urea groups is 1. The van der Waals surface area contributed by atoms with Crippen molar-refractivity contribution in [2.75, 3.05) is 6.54 Å². The molecule has 1 saturated heterocycles. The second-order valence-corrected chi connectivity index (χ2v) is 6.34. The number of rotatable bonds is 4. The predicted octanol–water partition coefficient (Wildman–Crippen LogP) is 2.92. The number of alkyl halides is 3. The van der Waals surface area contributed by atoms with E-state index in [0.29, 0.717) is 12.0 Å². The summed E-state index contributed by atoms with van der Waals surface area (Å²) >= 11 is 0. The quantitative estimate of drug-likeness (QED) is 0.923. The standard InChI is InChI=1S/C15H21F3N4O/c16-15(17,18)10-21-8-6-19-13(21)9-20-14(23)22-7-2-5-12(22)11-3-1-4-11/h6,8,11-12H,1-5,7,9-10H2,(H,20,23)/t12-/m0/s1. The van der Waals surface area contributed by atoms with Crippen molar-refractivity contribution in [2.24, 2.45) is 5.92 Å². The highest BCUT2D eigenvalue weighted by atomic mass is 19.4. The van der Waals surface area contributed by atoms with Gasteiger partial charge in [-0.15, -0.1) is 0 Å². The van der Waals surface area contributed by atoms with E-state index < -0.39 is 12.7 Å². The van der Waals surface area contributed by atoms with E-state index in [0.717, 1.165) is 24.0 Å². The lowest BCUT2D eigenvalue weighted by Crippen LogP contribution is -2.47. The minimum atomic E-state index is -4.30. The van der Waals surface area contributed by atoms with Crippen LogP contribution in [0.2, 0.25) is 0 Å². The Morgan fingerprint density at radius 1 is 1.30 bits per heavy atom. The van der Waals surface area contributed by atoms with Gasteiger partial charge in [-0.1, -0.05) is 6.42 Å². The Bertz CT molecular complexity index is 553. The molecule has 1 aliphatic heterocycles. The van der Waals surface area contributed by atoms with Crippen LogP contribution >= 0.6 is 0 Å². The molecule has 2 fully saturated rings. The first-order valence-corrected chi connectivity index (χ1v) is 8.05. The second-order valence-electron chi connectivity index (χ2n) is 6.34. The Kier molecular flexibility index (Phi) is 4.50. The summed E-state index contributed by atoms with van der Waals surface area (Å²) in [4.78, 5) is 18.1. The molecule has 8 heteroatoms. The summed E-state index contributed by atoms with van der Waals surface area (Å²) in [6.07, 6.45) is 3.89. The number of imidazole rings is 1. The maximum Gasteiger partial charge on any atom is 0.406 e. The Balaban J connectivity index is 1.56. The van der Waals surface area contributed by atoms with Gasteiger partial charge in [0, 0.05) is 25.0 Å². The number of hydrogen-bond donors (Lipinski definition) is 1. The topological polar surface area (TPSA) is 50.2 Å². The average Bonchev–Trinajstić information content (AvgIpc) is 3.02. The van der Waals surface area contributed by atoms with E-state index in [1.807, 2.05) is 4.90 Å². The number of carbonyl (C=O) groups is 1. The fraction of sp³-hybridized carbons (Fsp3) is 0.733. The molecule has 1 aromatic rings. The fourth-order valence-electron chi connectivity index (χ4n) is 3.46. The summed E-state index contributed by atoms with van der Waals surface area (Å²) in [6.45, 7) is -0.355. The number of aromatic nitrogens is 2. The molecule has 0 radical (unpaired) electrons. The van der Waals surface area contributed by atoms with E-state index in [2.05, 4.69) is 10.3 Å². The van der Waals surface area contributed by atoms with E-state index in [1.165, 1.54) is 31.7 Å². The van der Waals surface area contributed by atoms with E-state index in [9.17, 15) is 18.0 Å². The monoisotopic (exact) mass is 330 g/mol. The predicted molar refractivity (Wildman–Crippen MR) is 77.6 cm³/mol. The molecule has 1 atom stereocenters. The zero-order valence-electron chi connectivity index (χ0n) is 12.9. The lowest BCUT2D eigenvalue weighted by atomic mass is 9.79. The van der Waals surface area contributed by atoms with Crippen LogP contribution in [0.3, 0.4) is 0 Å². The molecule has 1 aliphatic carbocycles. The van der Waals surface area contributed by atoms with Crippen molar-refractivity contribution in [3.8, 4) is 0 Å². The van der Waals surface area contributed by atoms with Crippen molar-refractivity contribution in [1.29, 1.82) is 0 Å². The van der Waals surface area contributed by atoms with Crippen LogP contribution < -0.4 is 5.32 Å². The molecule has 1 saturated carbocycles. The van der Waals surface area contributed by atoms with Crippen molar-refractivity contribution in [3.05, 3.63) is 18.2 Å². The number of nitrogens with zero attached hydrogens (tertiary/aromatic N) is 3. The largest absolute Gasteiger partial charge is 0.406 e. The molecule has 23 heavy (non-hydrogen) atoms. The van der Waals surface area contributed by atoms with Crippen molar-refractivity contribution in [1.82, 2.24) is 19.8 Å². The van der Waals surface area contributed by atoms with Gasteiger partial charge in [0.1, 0.15) is 12.4 Å².